The van der Waals surface area contributed by atoms with Crippen molar-refractivity contribution >= 4 is 49.7 Å². The van der Waals surface area contributed by atoms with Crippen LogP contribution in [-0.2, 0) is 12.8 Å². The molecule has 0 atom stereocenters. The van der Waals surface area contributed by atoms with E-state index in [1.165, 1.54) is 88.8 Å². The molecule has 2 rings (SSSR count). The number of rotatable bonds is 18. The van der Waals surface area contributed by atoms with Gasteiger partial charge in [-0.05, 0) is 54.5 Å². The predicted molar refractivity (Wildman–Crippen MR) is 154 cm³/mol. The summed E-state index contributed by atoms with van der Waals surface area (Å²) in [4.78, 5) is 21.6. The van der Waals surface area contributed by atoms with Gasteiger partial charge in [-0.2, -0.15) is 0 Å². The Kier molecular flexibility index (Phi) is 22.0. The van der Waals surface area contributed by atoms with Crippen LogP contribution in [0.2, 0.25) is 0 Å². The van der Waals surface area contributed by atoms with Crippen molar-refractivity contribution in [3.05, 3.63) is 58.7 Å². The molecule has 2 aromatic rings. The molecule has 0 fully saturated rings. The van der Waals surface area contributed by atoms with E-state index in [1.807, 2.05) is 0 Å². The molecule has 6 nitrogen and oxygen atoms in total. The number of phenols is 1. The van der Waals surface area contributed by atoms with Crippen LogP contribution in [0.15, 0.2) is 36.4 Å². The molecule has 0 heterocycles. The van der Waals surface area contributed by atoms with Gasteiger partial charge in [-0.3, -0.25) is 0 Å². The average molecular weight is 567 g/mol. The van der Waals surface area contributed by atoms with Crippen LogP contribution in [0.5, 0.6) is 11.5 Å². The number of carboxylic acid groups (broad SMARTS) is 2. The van der Waals surface area contributed by atoms with Crippen LogP contribution in [0.4, 0.5) is 0 Å². The van der Waals surface area contributed by atoms with Crippen molar-refractivity contribution in [1.82, 2.24) is 0 Å². The van der Waals surface area contributed by atoms with Gasteiger partial charge < -0.3 is 25.2 Å². The van der Waals surface area contributed by atoms with E-state index in [4.69, 9.17) is 5.11 Å². The van der Waals surface area contributed by atoms with Gasteiger partial charge in [0.15, 0.2) is 0 Å². The molecule has 0 aromatic heterocycles. The maximum Gasteiger partial charge on any atom is 2.00 e. The Morgan fingerprint density at radius 2 is 1.08 bits per heavy atom. The predicted octanol–water partition coefficient (Wildman–Crippen LogP) is 6.42. The van der Waals surface area contributed by atoms with E-state index in [-0.39, 0.29) is 54.6 Å². The summed E-state index contributed by atoms with van der Waals surface area (Å²) in [6.45, 7) is 4.42. The van der Waals surface area contributed by atoms with E-state index >= 15 is 0 Å². The Balaban J connectivity index is 0.000000722. The zero-order valence-electron chi connectivity index (χ0n) is 24.0. The molecular weight excluding hydrogens is 520 g/mol. The third kappa shape index (κ3) is 16.8. The molecule has 212 valence electrons. The van der Waals surface area contributed by atoms with Gasteiger partial charge in [0.2, 0.25) is 0 Å². The summed E-state index contributed by atoms with van der Waals surface area (Å²) in [5, 5.41) is 40.3. The number of carboxylic acids is 2. The smallest absolute Gasteiger partial charge is 0.872 e. The fourth-order valence-electron chi connectivity index (χ4n) is 4.37. The minimum absolute atomic E-state index is 0. The molecule has 0 aliphatic rings. The summed E-state index contributed by atoms with van der Waals surface area (Å²) >= 11 is 0. The quantitative estimate of drug-likeness (QED) is 0.159. The Morgan fingerprint density at radius 3 is 1.51 bits per heavy atom. The van der Waals surface area contributed by atoms with E-state index < -0.39 is 17.7 Å². The molecule has 2 aromatic carbocycles. The van der Waals surface area contributed by atoms with Gasteiger partial charge in [-0.15, -0.1) is 0 Å². The minimum Gasteiger partial charge on any atom is -0.872 e. The standard InChI is InChI=1S/2C16H24O3.Ca/c2*1-2-3-4-5-6-7-8-9-13-10-11-15(17)14(12-13)16(18)19;/h2*10-12,17H,2-9H2,1H3,(H,18,19);/q;;+2/p-2. The van der Waals surface area contributed by atoms with Crippen molar-refractivity contribution < 1.29 is 30.0 Å². The van der Waals surface area contributed by atoms with E-state index in [9.17, 15) is 24.9 Å². The normalized spacial score (nSPS) is 10.3. The van der Waals surface area contributed by atoms with Crippen LogP contribution in [0.1, 0.15) is 136 Å². The second kappa shape index (κ2) is 23.0. The van der Waals surface area contributed by atoms with Crippen molar-refractivity contribution in [1.29, 1.82) is 0 Å². The summed E-state index contributed by atoms with van der Waals surface area (Å²) in [6, 6.07) is 9.34. The maximum absolute atomic E-state index is 11.3. The Bertz CT molecular complexity index is 882. The molecule has 2 N–H and O–H groups in total. The van der Waals surface area contributed by atoms with Crippen LogP contribution in [-0.4, -0.2) is 59.9 Å². The van der Waals surface area contributed by atoms with Crippen molar-refractivity contribution in [3.63, 3.8) is 0 Å². The van der Waals surface area contributed by atoms with E-state index in [0.717, 1.165) is 43.2 Å². The van der Waals surface area contributed by atoms with Crippen molar-refractivity contribution in [2.24, 2.45) is 0 Å². The molecular formula is C32H46CaO6. The van der Waals surface area contributed by atoms with Gasteiger partial charge in [0.25, 0.3) is 0 Å². The molecule has 0 spiro atoms. The maximum atomic E-state index is 11.3. The Morgan fingerprint density at radius 1 is 0.667 bits per heavy atom. The van der Waals surface area contributed by atoms with Gasteiger partial charge >= 0.3 is 43.7 Å². The van der Waals surface area contributed by atoms with Crippen molar-refractivity contribution in [2.45, 2.75) is 117 Å². The summed E-state index contributed by atoms with van der Waals surface area (Å²) in [6.07, 6.45) is 19.0. The summed E-state index contributed by atoms with van der Waals surface area (Å²) in [5.74, 6) is -3.08. The molecule has 0 radical (unpaired) electrons. The van der Waals surface area contributed by atoms with Gasteiger partial charge in [-0.25, -0.2) is 4.79 Å². The first-order valence-corrected chi connectivity index (χ1v) is 14.4. The summed E-state index contributed by atoms with van der Waals surface area (Å²) in [7, 11) is 0. The van der Waals surface area contributed by atoms with Crippen molar-refractivity contribution in [2.75, 3.05) is 0 Å². The Labute approximate surface area is 264 Å². The van der Waals surface area contributed by atoms with E-state index in [2.05, 4.69) is 13.8 Å². The van der Waals surface area contributed by atoms with Gasteiger partial charge in [0, 0.05) is 0 Å². The van der Waals surface area contributed by atoms with Crippen LogP contribution in [0, 0.1) is 0 Å². The molecule has 0 saturated carbocycles. The molecule has 0 saturated heterocycles. The van der Waals surface area contributed by atoms with Gasteiger partial charge in [0.1, 0.15) is 11.3 Å². The summed E-state index contributed by atoms with van der Waals surface area (Å²) < 4.78 is 0. The van der Waals surface area contributed by atoms with Gasteiger partial charge in [-0.1, -0.05) is 121 Å². The first-order valence-electron chi connectivity index (χ1n) is 14.4. The number of benzene rings is 2. The SMILES string of the molecule is CCCCCCCCCc1ccc(O)c(C(=O)O)c1.CCCCCCCCCc1ccc([O-])c(C(=O)[O-])c1.[Ca+2]. The van der Waals surface area contributed by atoms with Crippen LogP contribution < -0.4 is 10.2 Å². The fourth-order valence-corrected chi connectivity index (χ4v) is 4.37. The fraction of sp³-hybridized carbons (Fsp3) is 0.562. The van der Waals surface area contributed by atoms with Crippen LogP contribution in [0.3, 0.4) is 0 Å². The van der Waals surface area contributed by atoms with Crippen LogP contribution >= 0.6 is 0 Å². The largest absolute Gasteiger partial charge is 2.00 e. The number of hydrogen-bond acceptors (Lipinski definition) is 5. The molecule has 0 bridgehead atoms. The van der Waals surface area contributed by atoms with Crippen molar-refractivity contribution in [3.8, 4) is 11.5 Å². The number of aromatic hydroxyl groups is 1. The molecule has 7 heteroatoms. The van der Waals surface area contributed by atoms with E-state index in [1.54, 1.807) is 18.2 Å². The summed E-state index contributed by atoms with van der Waals surface area (Å²) in [5.41, 5.74) is 1.68. The average Bonchev–Trinajstić information content (AvgIpc) is 2.89. The third-order valence-electron chi connectivity index (χ3n) is 6.69. The monoisotopic (exact) mass is 566 g/mol. The van der Waals surface area contributed by atoms with Crippen LogP contribution in [0.25, 0.3) is 0 Å². The number of carbonyl (C=O) groups is 2. The number of aryl methyl sites for hydroxylation is 2. The zero-order valence-corrected chi connectivity index (χ0v) is 26.2. The minimum atomic E-state index is -1.38. The number of carbonyl (C=O) groups excluding carboxylic acids is 1. The number of aromatic carboxylic acids is 2. The molecule has 0 amide bonds. The second-order valence-electron chi connectivity index (χ2n) is 10.0. The van der Waals surface area contributed by atoms with E-state index in [0.29, 0.717) is 0 Å². The van der Waals surface area contributed by atoms with Gasteiger partial charge in [0.05, 0.1) is 5.97 Å². The Hall–Kier alpha value is -1.76. The molecule has 0 aliphatic carbocycles. The first kappa shape index (κ1) is 37.2. The second-order valence-corrected chi connectivity index (χ2v) is 10.0. The molecule has 0 aliphatic heterocycles. The zero-order chi connectivity index (χ0) is 28.2. The molecule has 0 unspecified atom stereocenters. The number of unbranched alkanes of at least 4 members (excludes halogenated alkanes) is 12. The third-order valence-corrected chi connectivity index (χ3v) is 6.69. The number of hydrogen-bond donors (Lipinski definition) is 2. The topological polar surface area (TPSA) is 121 Å². The first-order chi connectivity index (χ1) is 18.3. The molecule has 39 heavy (non-hydrogen) atoms.